The largest absolute Gasteiger partial charge is 0.208 e. The van der Waals surface area contributed by atoms with Gasteiger partial charge in [-0.2, -0.15) is 0 Å². The highest BCUT2D eigenvalue weighted by atomic mass is 35.5. The molecular formula is C35H22ClN3. The number of aromatic nitrogens is 3. The molecule has 7 aromatic rings. The van der Waals surface area contributed by atoms with Crippen molar-refractivity contribution in [2.45, 2.75) is 0 Å². The molecule has 4 heteroatoms. The molecule has 0 N–H and O–H groups in total. The Bertz CT molecular complexity index is 1970. The zero-order chi connectivity index (χ0) is 26.2. The molecule has 39 heavy (non-hydrogen) atoms. The molecule has 7 rings (SSSR count). The fourth-order valence-corrected chi connectivity index (χ4v) is 5.21. The van der Waals surface area contributed by atoms with E-state index in [2.05, 4.69) is 72.8 Å². The SMILES string of the molecule is Clc1ccc(-c2nc(-c3ccc(-c4ccccc4)cc3)nc(-c3ccc4ccccc4c3)n2)c2ccccc12. The first-order valence-corrected chi connectivity index (χ1v) is 13.2. The monoisotopic (exact) mass is 519 g/mol. The fourth-order valence-electron chi connectivity index (χ4n) is 4.98. The van der Waals surface area contributed by atoms with Gasteiger partial charge in [0.15, 0.2) is 17.5 Å². The molecule has 6 aromatic carbocycles. The number of fused-ring (bicyclic) bond motifs is 2. The van der Waals surface area contributed by atoms with Gasteiger partial charge in [0.1, 0.15) is 0 Å². The van der Waals surface area contributed by atoms with Crippen molar-refractivity contribution in [3.05, 3.63) is 138 Å². The molecule has 0 unspecified atom stereocenters. The molecule has 0 atom stereocenters. The standard InChI is InChI=1S/C35H22ClN3/c36-32-21-20-31(29-12-6-7-13-30(29)32)35-38-33(26-17-14-25(15-18-26)23-8-2-1-3-9-23)37-34(39-35)28-19-16-24-10-4-5-11-27(24)22-28/h1-22H. The summed E-state index contributed by atoms with van der Waals surface area (Å²) in [6.07, 6.45) is 0. The average Bonchev–Trinajstić information content (AvgIpc) is 3.01. The lowest BCUT2D eigenvalue weighted by Gasteiger charge is -2.12. The summed E-state index contributed by atoms with van der Waals surface area (Å²) in [5.41, 5.74) is 5.11. The summed E-state index contributed by atoms with van der Waals surface area (Å²) in [7, 11) is 0. The Morgan fingerprint density at radius 3 is 1.74 bits per heavy atom. The Morgan fingerprint density at radius 2 is 0.949 bits per heavy atom. The smallest absolute Gasteiger partial charge is 0.164 e. The van der Waals surface area contributed by atoms with Gasteiger partial charge in [-0.3, -0.25) is 0 Å². The van der Waals surface area contributed by atoms with Crippen molar-refractivity contribution in [3.8, 4) is 45.3 Å². The van der Waals surface area contributed by atoms with Gasteiger partial charge in [-0.25, -0.2) is 15.0 Å². The van der Waals surface area contributed by atoms with E-state index in [1.807, 2.05) is 60.7 Å². The summed E-state index contributed by atoms with van der Waals surface area (Å²) in [6, 6.07) is 45.3. The van der Waals surface area contributed by atoms with Crippen molar-refractivity contribution < 1.29 is 0 Å². The maximum Gasteiger partial charge on any atom is 0.164 e. The third-order valence-corrected chi connectivity index (χ3v) is 7.33. The Balaban J connectivity index is 1.42. The molecule has 0 aliphatic heterocycles. The Hall–Kier alpha value is -4.86. The Labute approximate surface area is 231 Å². The second kappa shape index (κ2) is 9.79. The highest BCUT2D eigenvalue weighted by molar-refractivity contribution is 6.36. The molecule has 0 aliphatic carbocycles. The Kier molecular flexibility index (Phi) is 5.84. The normalized spacial score (nSPS) is 11.2. The van der Waals surface area contributed by atoms with E-state index in [0.29, 0.717) is 22.5 Å². The van der Waals surface area contributed by atoms with Gasteiger partial charge in [0.25, 0.3) is 0 Å². The van der Waals surface area contributed by atoms with Gasteiger partial charge in [0.05, 0.1) is 0 Å². The minimum atomic E-state index is 0.614. The molecule has 0 saturated carbocycles. The number of halogens is 1. The summed E-state index contributed by atoms with van der Waals surface area (Å²) >= 11 is 6.54. The summed E-state index contributed by atoms with van der Waals surface area (Å²) in [5, 5.41) is 5.00. The van der Waals surface area contributed by atoms with E-state index >= 15 is 0 Å². The first-order chi connectivity index (χ1) is 19.2. The predicted octanol–water partition coefficient (Wildman–Crippen LogP) is 9.50. The number of nitrogens with zero attached hydrogens (tertiary/aromatic N) is 3. The van der Waals surface area contributed by atoms with Gasteiger partial charge in [-0.1, -0.05) is 127 Å². The van der Waals surface area contributed by atoms with Crippen LogP contribution in [0.5, 0.6) is 0 Å². The number of rotatable bonds is 4. The van der Waals surface area contributed by atoms with Crippen molar-refractivity contribution in [1.29, 1.82) is 0 Å². The van der Waals surface area contributed by atoms with Crippen LogP contribution in [0.4, 0.5) is 0 Å². The molecule has 0 saturated heterocycles. The zero-order valence-electron chi connectivity index (χ0n) is 20.9. The molecule has 0 amide bonds. The molecule has 1 aromatic heterocycles. The lowest BCUT2D eigenvalue weighted by Crippen LogP contribution is -2.00. The van der Waals surface area contributed by atoms with Crippen LogP contribution in [-0.2, 0) is 0 Å². The van der Waals surface area contributed by atoms with E-state index in [0.717, 1.165) is 38.4 Å². The molecule has 184 valence electrons. The molecule has 1 heterocycles. The van der Waals surface area contributed by atoms with Gasteiger partial charge in [0.2, 0.25) is 0 Å². The number of hydrogen-bond donors (Lipinski definition) is 0. The topological polar surface area (TPSA) is 38.7 Å². The van der Waals surface area contributed by atoms with E-state index in [9.17, 15) is 0 Å². The van der Waals surface area contributed by atoms with Crippen molar-refractivity contribution >= 4 is 33.1 Å². The van der Waals surface area contributed by atoms with Crippen molar-refractivity contribution in [2.24, 2.45) is 0 Å². The van der Waals surface area contributed by atoms with E-state index in [1.165, 1.54) is 10.9 Å². The third kappa shape index (κ3) is 4.43. The van der Waals surface area contributed by atoms with E-state index in [1.54, 1.807) is 0 Å². The molecule has 0 bridgehead atoms. The summed E-state index contributed by atoms with van der Waals surface area (Å²) < 4.78 is 0. The number of hydrogen-bond acceptors (Lipinski definition) is 3. The van der Waals surface area contributed by atoms with Gasteiger partial charge in [-0.15, -0.1) is 0 Å². The summed E-state index contributed by atoms with van der Waals surface area (Å²) in [6.45, 7) is 0. The van der Waals surface area contributed by atoms with Crippen molar-refractivity contribution in [1.82, 2.24) is 15.0 Å². The van der Waals surface area contributed by atoms with Gasteiger partial charge < -0.3 is 0 Å². The average molecular weight is 520 g/mol. The van der Waals surface area contributed by atoms with Crippen LogP contribution in [0.1, 0.15) is 0 Å². The molecule has 0 spiro atoms. The minimum absolute atomic E-state index is 0.614. The van der Waals surface area contributed by atoms with Gasteiger partial charge in [0, 0.05) is 27.1 Å². The van der Waals surface area contributed by atoms with Crippen molar-refractivity contribution in [3.63, 3.8) is 0 Å². The van der Waals surface area contributed by atoms with Crippen molar-refractivity contribution in [2.75, 3.05) is 0 Å². The van der Waals surface area contributed by atoms with Crippen LogP contribution in [0.15, 0.2) is 133 Å². The predicted molar refractivity (Wildman–Crippen MR) is 162 cm³/mol. The van der Waals surface area contributed by atoms with Crippen LogP contribution in [0, 0.1) is 0 Å². The zero-order valence-corrected chi connectivity index (χ0v) is 21.7. The molecule has 3 nitrogen and oxygen atoms in total. The highest BCUT2D eigenvalue weighted by Crippen LogP contribution is 2.34. The van der Waals surface area contributed by atoms with Crippen LogP contribution in [0.3, 0.4) is 0 Å². The minimum Gasteiger partial charge on any atom is -0.208 e. The molecule has 0 fully saturated rings. The first-order valence-electron chi connectivity index (χ1n) is 12.8. The first kappa shape index (κ1) is 23.3. The van der Waals surface area contributed by atoms with Crippen LogP contribution < -0.4 is 0 Å². The van der Waals surface area contributed by atoms with E-state index in [-0.39, 0.29) is 0 Å². The molecular weight excluding hydrogens is 498 g/mol. The van der Waals surface area contributed by atoms with Crippen LogP contribution in [0.2, 0.25) is 5.02 Å². The summed E-state index contributed by atoms with van der Waals surface area (Å²) in [5.74, 6) is 1.87. The van der Waals surface area contributed by atoms with Crippen LogP contribution >= 0.6 is 11.6 Å². The maximum atomic E-state index is 6.54. The summed E-state index contributed by atoms with van der Waals surface area (Å²) in [4.78, 5) is 14.9. The van der Waals surface area contributed by atoms with Crippen LogP contribution in [0.25, 0.3) is 66.8 Å². The highest BCUT2D eigenvalue weighted by Gasteiger charge is 2.15. The van der Waals surface area contributed by atoms with Crippen LogP contribution in [-0.4, -0.2) is 15.0 Å². The van der Waals surface area contributed by atoms with Gasteiger partial charge >= 0.3 is 0 Å². The van der Waals surface area contributed by atoms with E-state index in [4.69, 9.17) is 26.6 Å². The lowest BCUT2D eigenvalue weighted by atomic mass is 10.0. The van der Waals surface area contributed by atoms with E-state index < -0.39 is 0 Å². The second-order valence-electron chi connectivity index (χ2n) is 9.45. The Morgan fingerprint density at radius 1 is 0.385 bits per heavy atom. The number of benzene rings is 6. The molecule has 0 radical (unpaired) electrons. The fraction of sp³-hybridized carbons (Fsp3) is 0. The maximum absolute atomic E-state index is 6.54. The third-order valence-electron chi connectivity index (χ3n) is 7.01. The molecule has 0 aliphatic rings. The van der Waals surface area contributed by atoms with Gasteiger partial charge in [-0.05, 0) is 45.5 Å². The second-order valence-corrected chi connectivity index (χ2v) is 9.86. The lowest BCUT2D eigenvalue weighted by molar-refractivity contribution is 1.08. The quantitative estimate of drug-likeness (QED) is 0.232.